The maximum Gasteiger partial charge on any atom is 0.343 e. The molecule has 0 aromatic heterocycles. The highest BCUT2D eigenvalue weighted by atomic mass is 35.5. The second-order valence-electron chi connectivity index (χ2n) is 7.03. The summed E-state index contributed by atoms with van der Waals surface area (Å²) in [5, 5.41) is 3.06. The molecule has 4 rings (SSSR count). The van der Waals surface area contributed by atoms with E-state index in [1.54, 1.807) is 36.4 Å². The van der Waals surface area contributed by atoms with E-state index in [0.717, 1.165) is 4.90 Å². The van der Waals surface area contributed by atoms with Gasteiger partial charge in [-0.05, 0) is 54.6 Å². The van der Waals surface area contributed by atoms with Gasteiger partial charge in [-0.25, -0.2) is 9.69 Å². The van der Waals surface area contributed by atoms with Crippen LogP contribution >= 0.6 is 34.8 Å². The minimum Gasteiger partial charge on any atom is -0.497 e. The predicted octanol–water partition coefficient (Wildman–Crippen LogP) is 5.66. The summed E-state index contributed by atoms with van der Waals surface area (Å²) >= 11 is 18.1. The van der Waals surface area contributed by atoms with Crippen LogP contribution in [0.15, 0.2) is 77.5 Å². The van der Waals surface area contributed by atoms with Crippen molar-refractivity contribution < 1.29 is 23.9 Å². The molecule has 3 aromatic carbocycles. The zero-order chi connectivity index (χ0) is 24.4. The van der Waals surface area contributed by atoms with Crippen molar-refractivity contribution in [3.05, 3.63) is 93.1 Å². The first-order chi connectivity index (χ1) is 16.3. The summed E-state index contributed by atoms with van der Waals surface area (Å²) in [5.41, 5.74) is 0.781. The van der Waals surface area contributed by atoms with Crippen molar-refractivity contribution in [2.75, 3.05) is 17.3 Å². The van der Waals surface area contributed by atoms with Gasteiger partial charge in [0.25, 0.3) is 11.8 Å². The van der Waals surface area contributed by atoms with Crippen LogP contribution in [0.25, 0.3) is 0 Å². The molecule has 0 aliphatic carbocycles. The number of hydrogen-bond acceptors (Lipinski definition) is 6. The van der Waals surface area contributed by atoms with Gasteiger partial charge < -0.3 is 14.8 Å². The number of methoxy groups -OCH3 is 1. The number of rotatable bonds is 6. The molecule has 1 heterocycles. The number of amides is 2. The lowest BCUT2D eigenvalue weighted by Gasteiger charge is -2.16. The second kappa shape index (κ2) is 9.77. The average molecular weight is 518 g/mol. The van der Waals surface area contributed by atoms with Crippen LogP contribution in [-0.4, -0.2) is 24.9 Å². The Bertz CT molecular complexity index is 1320. The number of halogens is 3. The Morgan fingerprint density at radius 3 is 2.15 bits per heavy atom. The number of carbonyl (C=O) groups is 3. The average Bonchev–Trinajstić information content (AvgIpc) is 3.02. The zero-order valence-corrected chi connectivity index (χ0v) is 19.7. The molecule has 34 heavy (non-hydrogen) atoms. The Hall–Kier alpha value is -3.52. The summed E-state index contributed by atoms with van der Waals surface area (Å²) < 4.78 is 10.5. The van der Waals surface area contributed by atoms with Crippen LogP contribution in [-0.2, 0) is 9.59 Å². The predicted molar refractivity (Wildman–Crippen MR) is 130 cm³/mol. The zero-order valence-electron chi connectivity index (χ0n) is 17.5. The topological polar surface area (TPSA) is 84.9 Å². The fourth-order valence-electron chi connectivity index (χ4n) is 3.18. The number of esters is 1. The maximum absolute atomic E-state index is 12.9. The molecule has 0 saturated carbocycles. The van der Waals surface area contributed by atoms with E-state index in [1.807, 2.05) is 0 Å². The van der Waals surface area contributed by atoms with Crippen LogP contribution < -0.4 is 19.7 Å². The van der Waals surface area contributed by atoms with E-state index in [1.165, 1.54) is 37.4 Å². The van der Waals surface area contributed by atoms with Gasteiger partial charge in [-0.2, -0.15) is 0 Å². The molecular weight excluding hydrogens is 503 g/mol. The van der Waals surface area contributed by atoms with E-state index in [2.05, 4.69) is 5.32 Å². The number of anilines is 2. The van der Waals surface area contributed by atoms with Gasteiger partial charge in [0.15, 0.2) is 0 Å². The highest BCUT2D eigenvalue weighted by molar-refractivity contribution is 6.53. The van der Waals surface area contributed by atoms with Crippen molar-refractivity contribution in [2.45, 2.75) is 0 Å². The first-order valence-corrected chi connectivity index (χ1v) is 10.9. The Labute approximate surface area is 209 Å². The van der Waals surface area contributed by atoms with Crippen molar-refractivity contribution in [3.63, 3.8) is 0 Å². The number of hydrogen-bond donors (Lipinski definition) is 1. The third-order valence-electron chi connectivity index (χ3n) is 4.77. The first-order valence-electron chi connectivity index (χ1n) is 9.75. The van der Waals surface area contributed by atoms with E-state index in [0.29, 0.717) is 17.2 Å². The molecule has 0 saturated heterocycles. The summed E-state index contributed by atoms with van der Waals surface area (Å²) in [6, 6.07) is 17.1. The lowest BCUT2D eigenvalue weighted by atomic mass is 10.2. The van der Waals surface area contributed by atoms with Gasteiger partial charge in [-0.15, -0.1) is 0 Å². The van der Waals surface area contributed by atoms with Crippen molar-refractivity contribution in [2.24, 2.45) is 0 Å². The normalized spacial score (nSPS) is 13.4. The Morgan fingerprint density at radius 1 is 0.853 bits per heavy atom. The lowest BCUT2D eigenvalue weighted by Crippen LogP contribution is -2.32. The minimum atomic E-state index is -0.717. The van der Waals surface area contributed by atoms with Crippen LogP contribution in [0.2, 0.25) is 10.0 Å². The summed E-state index contributed by atoms with van der Waals surface area (Å²) in [6.45, 7) is 0. The van der Waals surface area contributed by atoms with Crippen molar-refractivity contribution in [1.29, 1.82) is 0 Å². The lowest BCUT2D eigenvalue weighted by molar-refractivity contribution is -0.120. The number of imide groups is 1. The summed E-state index contributed by atoms with van der Waals surface area (Å²) in [4.78, 5) is 38.8. The standard InChI is InChI=1S/C24H15Cl3N2O5/c1-33-18-3-2-4-19(12-18)34-24(32)13-5-7-16(8-6-13)28-21-20(27)22(30)29(23(21)31)17-10-14(25)9-15(26)11-17/h2-12,28H,1H3. The van der Waals surface area contributed by atoms with E-state index in [9.17, 15) is 14.4 Å². The number of benzene rings is 3. The summed E-state index contributed by atoms with van der Waals surface area (Å²) in [6.07, 6.45) is 0. The van der Waals surface area contributed by atoms with Crippen LogP contribution in [0, 0.1) is 0 Å². The summed E-state index contributed by atoms with van der Waals surface area (Å²) in [7, 11) is 1.51. The minimum absolute atomic E-state index is 0.116. The number of carbonyl (C=O) groups excluding carboxylic acids is 3. The van der Waals surface area contributed by atoms with E-state index < -0.39 is 17.8 Å². The second-order valence-corrected chi connectivity index (χ2v) is 8.28. The molecule has 0 bridgehead atoms. The highest BCUT2D eigenvalue weighted by Crippen LogP contribution is 2.33. The molecule has 1 aliphatic heterocycles. The van der Waals surface area contributed by atoms with Crippen molar-refractivity contribution in [3.8, 4) is 11.5 Å². The SMILES string of the molecule is COc1cccc(OC(=O)c2ccc(NC3=C(Cl)C(=O)N(c4cc(Cl)cc(Cl)c4)C3=O)cc2)c1. The number of nitrogens with one attached hydrogen (secondary N) is 1. The van der Waals surface area contributed by atoms with Gasteiger partial charge in [0, 0.05) is 21.8 Å². The van der Waals surface area contributed by atoms with E-state index in [4.69, 9.17) is 44.3 Å². The number of nitrogens with zero attached hydrogens (tertiary/aromatic N) is 1. The van der Waals surface area contributed by atoms with Gasteiger partial charge in [0.2, 0.25) is 0 Å². The molecule has 0 atom stereocenters. The maximum atomic E-state index is 12.9. The Balaban J connectivity index is 1.49. The van der Waals surface area contributed by atoms with E-state index in [-0.39, 0.29) is 32.0 Å². The summed E-state index contributed by atoms with van der Waals surface area (Å²) in [5.74, 6) is -1.08. The van der Waals surface area contributed by atoms with Crippen LogP contribution in [0.4, 0.5) is 11.4 Å². The van der Waals surface area contributed by atoms with Gasteiger partial charge in [-0.3, -0.25) is 9.59 Å². The molecular formula is C24H15Cl3N2O5. The molecule has 3 aromatic rings. The monoisotopic (exact) mass is 516 g/mol. The van der Waals surface area contributed by atoms with Crippen LogP contribution in [0.5, 0.6) is 11.5 Å². The molecule has 0 spiro atoms. The largest absolute Gasteiger partial charge is 0.497 e. The van der Waals surface area contributed by atoms with Crippen molar-refractivity contribution >= 4 is 64.0 Å². The van der Waals surface area contributed by atoms with Crippen LogP contribution in [0.3, 0.4) is 0 Å². The van der Waals surface area contributed by atoms with Gasteiger partial charge >= 0.3 is 5.97 Å². The molecule has 1 N–H and O–H groups in total. The molecule has 2 amide bonds. The highest BCUT2D eigenvalue weighted by Gasteiger charge is 2.39. The Kier molecular flexibility index (Phi) is 6.79. The third kappa shape index (κ3) is 4.87. The fourth-order valence-corrected chi connectivity index (χ4v) is 3.91. The molecule has 0 radical (unpaired) electrons. The van der Waals surface area contributed by atoms with Gasteiger partial charge in [0.05, 0.1) is 18.4 Å². The fraction of sp³-hybridized carbons (Fsp3) is 0.0417. The van der Waals surface area contributed by atoms with Crippen molar-refractivity contribution in [1.82, 2.24) is 0 Å². The molecule has 0 unspecified atom stereocenters. The van der Waals surface area contributed by atoms with Crippen LogP contribution in [0.1, 0.15) is 10.4 Å². The van der Waals surface area contributed by atoms with Gasteiger partial charge in [-0.1, -0.05) is 40.9 Å². The third-order valence-corrected chi connectivity index (χ3v) is 5.56. The smallest absolute Gasteiger partial charge is 0.343 e. The molecule has 172 valence electrons. The number of ether oxygens (including phenoxy) is 2. The first kappa shape index (κ1) is 23.6. The Morgan fingerprint density at radius 2 is 1.50 bits per heavy atom. The van der Waals surface area contributed by atoms with E-state index >= 15 is 0 Å². The molecule has 7 nitrogen and oxygen atoms in total. The molecule has 1 aliphatic rings. The molecule has 10 heteroatoms. The molecule has 0 fully saturated rings. The van der Waals surface area contributed by atoms with Gasteiger partial charge in [0.1, 0.15) is 22.2 Å². The quantitative estimate of drug-likeness (QED) is 0.258.